The first-order valence-electron chi connectivity index (χ1n) is 3.93. The van der Waals surface area contributed by atoms with Crippen molar-refractivity contribution in [1.29, 1.82) is 0 Å². The number of nitrogens with two attached hydrogens (primary N) is 1. The van der Waals surface area contributed by atoms with E-state index in [-0.39, 0.29) is 6.42 Å². The second kappa shape index (κ2) is 4.80. The summed E-state index contributed by atoms with van der Waals surface area (Å²) in [6, 6.07) is 4.70. The van der Waals surface area contributed by atoms with Crippen LogP contribution in [0.1, 0.15) is 18.2 Å². The molecule has 0 bridgehead atoms. The van der Waals surface area contributed by atoms with E-state index in [0.717, 1.165) is 0 Å². The number of hydrogen-bond donors (Lipinski definition) is 1. The van der Waals surface area contributed by atoms with E-state index in [9.17, 15) is 4.39 Å². The Hall–Kier alpha value is -0.310. The molecule has 13 heavy (non-hydrogen) atoms. The fraction of sp³-hybridized carbons (Fsp3) is 0.333. The van der Waals surface area contributed by atoms with Gasteiger partial charge in [-0.15, -0.1) is 0 Å². The van der Waals surface area contributed by atoms with Crippen molar-refractivity contribution in [2.75, 3.05) is 6.54 Å². The summed E-state index contributed by atoms with van der Waals surface area (Å²) in [6.07, 6.45) is -0.794. The van der Waals surface area contributed by atoms with Crippen molar-refractivity contribution in [2.45, 2.75) is 12.6 Å². The lowest BCUT2D eigenvalue weighted by molar-refractivity contribution is 0.328. The van der Waals surface area contributed by atoms with E-state index in [1.807, 2.05) is 0 Å². The lowest BCUT2D eigenvalue weighted by Gasteiger charge is -2.07. The van der Waals surface area contributed by atoms with Gasteiger partial charge in [0.2, 0.25) is 0 Å². The van der Waals surface area contributed by atoms with E-state index in [1.54, 1.807) is 18.2 Å². The Bertz CT molecular complexity index is 271. The maximum atomic E-state index is 13.3. The van der Waals surface area contributed by atoms with Crippen LogP contribution in [0.15, 0.2) is 18.2 Å². The van der Waals surface area contributed by atoms with Crippen LogP contribution in [0, 0.1) is 0 Å². The average Bonchev–Trinajstić information content (AvgIpc) is 2.03. The van der Waals surface area contributed by atoms with Crippen LogP contribution in [0.2, 0.25) is 10.0 Å². The van der Waals surface area contributed by atoms with Crippen LogP contribution in [0.4, 0.5) is 4.39 Å². The predicted octanol–water partition coefficient (Wildman–Crippen LogP) is 3.35. The Balaban J connectivity index is 2.87. The number of hydrogen-bond acceptors (Lipinski definition) is 1. The van der Waals surface area contributed by atoms with Gasteiger partial charge in [0, 0.05) is 10.0 Å². The minimum atomic E-state index is -1.08. The summed E-state index contributed by atoms with van der Waals surface area (Å²) >= 11 is 11.4. The number of rotatable bonds is 3. The molecule has 0 aliphatic rings. The van der Waals surface area contributed by atoms with E-state index >= 15 is 0 Å². The summed E-state index contributed by atoms with van der Waals surface area (Å²) in [5.74, 6) is 0. The van der Waals surface area contributed by atoms with Crippen molar-refractivity contribution >= 4 is 23.2 Å². The third kappa shape index (κ3) is 3.14. The molecule has 2 N–H and O–H groups in total. The van der Waals surface area contributed by atoms with E-state index in [2.05, 4.69) is 0 Å². The zero-order valence-corrected chi connectivity index (χ0v) is 8.45. The van der Waals surface area contributed by atoms with Gasteiger partial charge in [-0.25, -0.2) is 4.39 Å². The Kier molecular flexibility index (Phi) is 3.97. The van der Waals surface area contributed by atoms with E-state index in [0.29, 0.717) is 22.2 Å². The summed E-state index contributed by atoms with van der Waals surface area (Å²) in [6.45, 7) is 0.311. The molecular formula is C9H10Cl2FN. The van der Waals surface area contributed by atoms with Gasteiger partial charge in [0.15, 0.2) is 0 Å². The molecule has 0 amide bonds. The topological polar surface area (TPSA) is 26.0 Å². The molecule has 0 aliphatic heterocycles. The van der Waals surface area contributed by atoms with Crippen LogP contribution in [0.3, 0.4) is 0 Å². The van der Waals surface area contributed by atoms with Crippen molar-refractivity contribution in [1.82, 2.24) is 0 Å². The fourth-order valence-corrected chi connectivity index (χ4v) is 1.61. The summed E-state index contributed by atoms with van der Waals surface area (Å²) in [5.41, 5.74) is 5.73. The highest BCUT2D eigenvalue weighted by Gasteiger charge is 2.09. The van der Waals surface area contributed by atoms with Crippen LogP contribution < -0.4 is 5.73 Å². The molecule has 1 aromatic rings. The van der Waals surface area contributed by atoms with Crippen molar-refractivity contribution < 1.29 is 4.39 Å². The molecule has 4 heteroatoms. The molecule has 0 aromatic heterocycles. The normalized spacial score (nSPS) is 12.9. The molecule has 1 unspecified atom stereocenters. The molecule has 0 heterocycles. The highest BCUT2D eigenvalue weighted by Crippen LogP contribution is 2.27. The standard InChI is InChI=1S/C9H10Cl2FN/c10-7-3-6(4-8(11)5-7)9(12)1-2-13/h3-5,9H,1-2,13H2. The number of halogens is 3. The SMILES string of the molecule is NCCC(F)c1cc(Cl)cc(Cl)c1. The molecule has 0 aliphatic carbocycles. The van der Waals surface area contributed by atoms with Crippen LogP contribution in [0.25, 0.3) is 0 Å². The highest BCUT2D eigenvalue weighted by atomic mass is 35.5. The van der Waals surface area contributed by atoms with Crippen molar-refractivity contribution in [3.8, 4) is 0 Å². The Morgan fingerprint density at radius 1 is 1.23 bits per heavy atom. The van der Waals surface area contributed by atoms with E-state index < -0.39 is 6.17 Å². The molecule has 1 atom stereocenters. The molecular weight excluding hydrogens is 212 g/mol. The second-order valence-corrected chi connectivity index (χ2v) is 3.62. The molecule has 0 fully saturated rings. The second-order valence-electron chi connectivity index (χ2n) is 2.75. The van der Waals surface area contributed by atoms with Crippen molar-refractivity contribution in [3.63, 3.8) is 0 Å². The van der Waals surface area contributed by atoms with Crippen LogP contribution in [0.5, 0.6) is 0 Å². The molecule has 72 valence electrons. The first-order valence-corrected chi connectivity index (χ1v) is 4.69. The quantitative estimate of drug-likeness (QED) is 0.833. The van der Waals surface area contributed by atoms with Gasteiger partial charge in [-0.05, 0) is 36.7 Å². The van der Waals surface area contributed by atoms with Gasteiger partial charge in [0.25, 0.3) is 0 Å². The summed E-state index contributed by atoms with van der Waals surface area (Å²) in [5, 5.41) is 0.893. The lowest BCUT2D eigenvalue weighted by Crippen LogP contribution is -2.03. The molecule has 0 radical (unpaired) electrons. The molecule has 1 aromatic carbocycles. The van der Waals surface area contributed by atoms with Gasteiger partial charge in [-0.3, -0.25) is 0 Å². The molecule has 1 rings (SSSR count). The molecule has 0 saturated carbocycles. The summed E-state index contributed by atoms with van der Waals surface area (Å²) in [7, 11) is 0. The largest absolute Gasteiger partial charge is 0.330 e. The lowest BCUT2D eigenvalue weighted by atomic mass is 10.1. The number of alkyl halides is 1. The minimum absolute atomic E-state index is 0.288. The van der Waals surface area contributed by atoms with Crippen LogP contribution >= 0.6 is 23.2 Å². The van der Waals surface area contributed by atoms with Gasteiger partial charge in [-0.1, -0.05) is 23.2 Å². The predicted molar refractivity (Wildman–Crippen MR) is 54.0 cm³/mol. The van der Waals surface area contributed by atoms with E-state index in [4.69, 9.17) is 28.9 Å². The Morgan fingerprint density at radius 3 is 2.23 bits per heavy atom. The summed E-state index contributed by atoms with van der Waals surface area (Å²) < 4.78 is 13.3. The maximum Gasteiger partial charge on any atom is 0.126 e. The van der Waals surface area contributed by atoms with Gasteiger partial charge in [0.05, 0.1) is 0 Å². The van der Waals surface area contributed by atoms with Crippen molar-refractivity contribution in [3.05, 3.63) is 33.8 Å². The maximum absolute atomic E-state index is 13.3. The molecule has 1 nitrogen and oxygen atoms in total. The van der Waals surface area contributed by atoms with E-state index in [1.165, 1.54) is 0 Å². The van der Waals surface area contributed by atoms with Crippen LogP contribution in [-0.4, -0.2) is 6.54 Å². The monoisotopic (exact) mass is 221 g/mol. The minimum Gasteiger partial charge on any atom is -0.330 e. The highest BCUT2D eigenvalue weighted by molar-refractivity contribution is 6.34. The van der Waals surface area contributed by atoms with Gasteiger partial charge in [0.1, 0.15) is 6.17 Å². The van der Waals surface area contributed by atoms with Crippen molar-refractivity contribution in [2.24, 2.45) is 5.73 Å². The number of benzene rings is 1. The van der Waals surface area contributed by atoms with Gasteiger partial charge in [-0.2, -0.15) is 0 Å². The third-order valence-corrected chi connectivity index (χ3v) is 2.10. The Labute approximate surface area is 86.6 Å². The van der Waals surface area contributed by atoms with Crippen LogP contribution in [-0.2, 0) is 0 Å². The Morgan fingerprint density at radius 2 is 1.77 bits per heavy atom. The summed E-state index contributed by atoms with van der Waals surface area (Å²) in [4.78, 5) is 0. The smallest absolute Gasteiger partial charge is 0.126 e. The first-order chi connectivity index (χ1) is 6.13. The third-order valence-electron chi connectivity index (χ3n) is 1.67. The zero-order chi connectivity index (χ0) is 9.84. The molecule has 0 saturated heterocycles. The first kappa shape index (κ1) is 10.8. The van der Waals surface area contributed by atoms with Gasteiger partial charge < -0.3 is 5.73 Å². The zero-order valence-electron chi connectivity index (χ0n) is 6.93. The average molecular weight is 222 g/mol. The molecule has 0 spiro atoms. The van der Waals surface area contributed by atoms with Gasteiger partial charge >= 0.3 is 0 Å². The fourth-order valence-electron chi connectivity index (χ4n) is 1.07.